The summed E-state index contributed by atoms with van der Waals surface area (Å²) >= 11 is 2.47. The Morgan fingerprint density at radius 2 is 2.00 bits per heavy atom. The zero-order valence-corrected chi connectivity index (χ0v) is 11.6. The van der Waals surface area contributed by atoms with Gasteiger partial charge >= 0.3 is 5.00 Å². The van der Waals surface area contributed by atoms with Gasteiger partial charge in [0.2, 0.25) is 0 Å². The molecule has 18 heavy (non-hydrogen) atoms. The molecule has 2 N–H and O–H groups in total. The van der Waals surface area contributed by atoms with Crippen LogP contribution >= 0.6 is 23.1 Å². The van der Waals surface area contributed by atoms with Gasteiger partial charge in [-0.15, -0.1) is 0 Å². The fourth-order valence-electron chi connectivity index (χ4n) is 1.52. The summed E-state index contributed by atoms with van der Waals surface area (Å²) in [6, 6.07) is 5.64. The monoisotopic (exact) mass is 280 g/mol. The molecular weight excluding hydrogens is 268 g/mol. The Morgan fingerprint density at radius 3 is 2.67 bits per heavy atom. The number of nitrogens with zero attached hydrogens (tertiary/aromatic N) is 1. The quantitative estimate of drug-likeness (QED) is 0.524. The first-order valence-corrected chi connectivity index (χ1v) is 6.95. The van der Waals surface area contributed by atoms with E-state index in [9.17, 15) is 10.1 Å². The van der Waals surface area contributed by atoms with Gasteiger partial charge in [-0.25, -0.2) is 0 Å². The van der Waals surface area contributed by atoms with E-state index in [4.69, 9.17) is 5.73 Å². The molecule has 1 aromatic heterocycles. The molecule has 1 heterocycles. The minimum atomic E-state index is -0.357. The maximum atomic E-state index is 10.9. The van der Waals surface area contributed by atoms with Crippen molar-refractivity contribution in [2.24, 2.45) is 0 Å². The normalized spacial score (nSPS) is 10.6. The highest BCUT2D eigenvalue weighted by molar-refractivity contribution is 7.99. The summed E-state index contributed by atoms with van der Waals surface area (Å²) in [6.07, 6.45) is 0. The zero-order chi connectivity index (χ0) is 13.3. The smallest absolute Gasteiger partial charge is 0.337 e. The lowest BCUT2D eigenvalue weighted by Gasteiger charge is -2.09. The lowest BCUT2D eigenvalue weighted by molar-refractivity contribution is -0.382. The number of nitrogens with two attached hydrogens (primary N) is 1. The summed E-state index contributed by atoms with van der Waals surface area (Å²) in [4.78, 5) is 12.0. The number of hydrogen-bond acceptors (Lipinski definition) is 5. The molecule has 0 saturated carbocycles. The zero-order valence-electron chi connectivity index (χ0n) is 9.97. The van der Waals surface area contributed by atoms with Crippen molar-refractivity contribution in [2.75, 3.05) is 5.73 Å². The molecule has 0 aliphatic carbocycles. The number of benzene rings is 1. The first-order chi connectivity index (χ1) is 8.50. The van der Waals surface area contributed by atoms with Crippen molar-refractivity contribution in [2.45, 2.75) is 23.6 Å². The van der Waals surface area contributed by atoms with Crippen molar-refractivity contribution < 1.29 is 4.92 Å². The number of rotatable bonds is 3. The number of nitrogen functional groups attached to an aromatic ring is 1. The third kappa shape index (κ3) is 2.34. The van der Waals surface area contributed by atoms with Crippen molar-refractivity contribution in [1.29, 1.82) is 0 Å². The second kappa shape index (κ2) is 4.99. The van der Waals surface area contributed by atoms with Gasteiger partial charge in [-0.2, -0.15) is 0 Å². The number of thiophene rings is 1. The van der Waals surface area contributed by atoms with Gasteiger partial charge in [0, 0.05) is 10.6 Å². The van der Waals surface area contributed by atoms with E-state index in [0.29, 0.717) is 10.6 Å². The van der Waals surface area contributed by atoms with E-state index in [-0.39, 0.29) is 9.92 Å². The van der Waals surface area contributed by atoms with Gasteiger partial charge in [0.05, 0.1) is 4.92 Å². The van der Waals surface area contributed by atoms with E-state index in [2.05, 4.69) is 0 Å². The summed E-state index contributed by atoms with van der Waals surface area (Å²) in [5.41, 5.74) is 8.88. The summed E-state index contributed by atoms with van der Waals surface area (Å²) in [5.74, 6) is 0. The first kappa shape index (κ1) is 12.9. The Morgan fingerprint density at radius 1 is 1.28 bits per heavy atom. The number of nitro groups is 1. The predicted molar refractivity (Wildman–Crippen MR) is 75.4 cm³/mol. The highest BCUT2D eigenvalue weighted by atomic mass is 32.2. The largest absolute Gasteiger partial charge is 0.398 e. The third-order valence-corrected chi connectivity index (χ3v) is 4.86. The minimum absolute atomic E-state index is 0.164. The van der Waals surface area contributed by atoms with Gasteiger partial charge in [-0.1, -0.05) is 29.2 Å². The molecule has 2 rings (SSSR count). The molecule has 0 fully saturated rings. The van der Waals surface area contributed by atoms with Crippen LogP contribution in [0.25, 0.3) is 0 Å². The molecule has 1 aromatic carbocycles. The van der Waals surface area contributed by atoms with E-state index in [1.807, 2.05) is 26.0 Å². The van der Waals surface area contributed by atoms with Crippen molar-refractivity contribution in [3.05, 3.63) is 44.8 Å². The van der Waals surface area contributed by atoms with Crippen LogP contribution < -0.4 is 5.73 Å². The van der Waals surface area contributed by atoms with Crippen LogP contribution in [0.4, 0.5) is 10.7 Å². The highest BCUT2D eigenvalue weighted by Crippen LogP contribution is 2.41. The maximum absolute atomic E-state index is 10.9. The second-order valence-electron chi connectivity index (χ2n) is 3.87. The lowest BCUT2D eigenvalue weighted by Crippen LogP contribution is -1.95. The molecule has 4 nitrogen and oxygen atoms in total. The van der Waals surface area contributed by atoms with Crippen molar-refractivity contribution in [3.8, 4) is 0 Å². The molecule has 0 spiro atoms. The lowest BCUT2D eigenvalue weighted by atomic mass is 10.1. The summed E-state index contributed by atoms with van der Waals surface area (Å²) in [5, 5.41) is 12.7. The summed E-state index contributed by atoms with van der Waals surface area (Å²) in [7, 11) is 0. The number of anilines is 1. The third-order valence-electron chi connectivity index (χ3n) is 2.74. The molecule has 94 valence electrons. The standard InChI is InChI=1S/C12H12N2O2S2/c1-7-3-4-9(11(13)8(7)2)18-10-5-6-17-12(10)14(15)16/h3-6H,13H2,1-2H3. The van der Waals surface area contributed by atoms with Crippen LogP contribution in [-0.2, 0) is 0 Å². The van der Waals surface area contributed by atoms with Crippen LogP contribution in [0.5, 0.6) is 0 Å². The van der Waals surface area contributed by atoms with Gasteiger partial charge in [0.15, 0.2) is 0 Å². The van der Waals surface area contributed by atoms with E-state index in [1.165, 1.54) is 11.8 Å². The number of aryl methyl sites for hydroxylation is 1. The molecule has 0 unspecified atom stereocenters. The molecule has 0 aliphatic heterocycles. The highest BCUT2D eigenvalue weighted by Gasteiger charge is 2.17. The summed E-state index contributed by atoms with van der Waals surface area (Å²) < 4.78 is 0. The SMILES string of the molecule is Cc1ccc(Sc2ccsc2[N+](=O)[O-])c(N)c1C. The molecule has 6 heteroatoms. The molecule has 0 atom stereocenters. The van der Waals surface area contributed by atoms with Crippen LogP contribution in [0.2, 0.25) is 0 Å². The Balaban J connectivity index is 2.38. The fraction of sp³-hybridized carbons (Fsp3) is 0.167. The van der Waals surface area contributed by atoms with E-state index < -0.39 is 0 Å². The minimum Gasteiger partial charge on any atom is -0.398 e. The van der Waals surface area contributed by atoms with Crippen LogP contribution in [-0.4, -0.2) is 4.92 Å². The van der Waals surface area contributed by atoms with Crippen molar-refractivity contribution in [1.82, 2.24) is 0 Å². The Hall–Kier alpha value is -1.53. The average Bonchev–Trinajstić information content (AvgIpc) is 2.78. The fourth-order valence-corrected chi connectivity index (χ4v) is 3.41. The number of hydrogen-bond donors (Lipinski definition) is 1. The van der Waals surface area contributed by atoms with Gasteiger partial charge in [0.25, 0.3) is 0 Å². The molecule has 0 radical (unpaired) electrons. The predicted octanol–water partition coefficient (Wildman–Crippen LogP) is 4.01. The molecule has 0 amide bonds. The van der Waals surface area contributed by atoms with Crippen molar-refractivity contribution in [3.63, 3.8) is 0 Å². The Kier molecular flexibility index (Phi) is 3.58. The van der Waals surface area contributed by atoms with Crippen LogP contribution in [0.15, 0.2) is 33.4 Å². The Labute approximate surface area is 113 Å². The van der Waals surface area contributed by atoms with Gasteiger partial charge < -0.3 is 5.73 Å². The van der Waals surface area contributed by atoms with Gasteiger partial charge in [-0.05, 0) is 42.5 Å². The summed E-state index contributed by atoms with van der Waals surface area (Å²) in [6.45, 7) is 3.95. The first-order valence-electron chi connectivity index (χ1n) is 5.26. The van der Waals surface area contributed by atoms with E-state index in [1.54, 1.807) is 11.4 Å². The second-order valence-corrected chi connectivity index (χ2v) is 5.85. The van der Waals surface area contributed by atoms with Crippen LogP contribution in [0.3, 0.4) is 0 Å². The van der Waals surface area contributed by atoms with Crippen molar-refractivity contribution >= 4 is 33.8 Å². The maximum Gasteiger partial charge on any atom is 0.337 e. The molecular formula is C12H12N2O2S2. The topological polar surface area (TPSA) is 69.2 Å². The average molecular weight is 280 g/mol. The Bertz CT molecular complexity index is 608. The molecule has 0 bridgehead atoms. The van der Waals surface area contributed by atoms with Gasteiger partial charge in [-0.3, -0.25) is 10.1 Å². The van der Waals surface area contributed by atoms with E-state index in [0.717, 1.165) is 27.4 Å². The van der Waals surface area contributed by atoms with E-state index >= 15 is 0 Å². The van der Waals surface area contributed by atoms with Crippen LogP contribution in [0.1, 0.15) is 11.1 Å². The molecule has 2 aromatic rings. The molecule has 0 aliphatic rings. The molecule has 0 saturated heterocycles. The van der Waals surface area contributed by atoms with Crippen LogP contribution in [0, 0.1) is 24.0 Å². The van der Waals surface area contributed by atoms with Gasteiger partial charge in [0.1, 0.15) is 4.90 Å².